The minimum Gasteiger partial charge on any atom is -0.490 e. The van der Waals surface area contributed by atoms with E-state index >= 15 is 0 Å². The molecule has 1 aliphatic rings. The van der Waals surface area contributed by atoms with Crippen LogP contribution in [0.15, 0.2) is 30.3 Å². The van der Waals surface area contributed by atoms with Crippen molar-refractivity contribution in [2.75, 3.05) is 32.2 Å². The molecule has 0 fully saturated rings. The number of hydrogen-bond donors (Lipinski definition) is 1. The van der Waals surface area contributed by atoms with Gasteiger partial charge in [-0.1, -0.05) is 17.7 Å². The van der Waals surface area contributed by atoms with Crippen molar-refractivity contribution in [2.24, 2.45) is 0 Å². The van der Waals surface area contributed by atoms with Crippen molar-refractivity contribution in [1.29, 1.82) is 0 Å². The fourth-order valence-electron chi connectivity index (χ4n) is 4.09. The molecule has 1 N–H and O–H groups in total. The van der Waals surface area contributed by atoms with Gasteiger partial charge in [-0.3, -0.25) is 4.79 Å². The molecule has 7 heteroatoms. The Bertz CT molecular complexity index is 989. The number of carbonyl (C=O) groups is 2. The number of nitrogens with zero attached hydrogens (tertiary/aromatic N) is 1. The molecule has 0 aliphatic carbocycles. The quantitative estimate of drug-likeness (QED) is 0.626. The Balaban J connectivity index is 1.96. The van der Waals surface area contributed by atoms with Crippen LogP contribution in [0, 0.1) is 13.8 Å². The van der Waals surface area contributed by atoms with E-state index < -0.39 is 6.04 Å². The summed E-state index contributed by atoms with van der Waals surface area (Å²) < 4.78 is 16.5. The summed E-state index contributed by atoms with van der Waals surface area (Å²) in [5, 5.41) is 3.01. The third-order valence-corrected chi connectivity index (χ3v) is 5.63. The summed E-state index contributed by atoms with van der Waals surface area (Å²) in [6.07, 6.45) is 0.711. The van der Waals surface area contributed by atoms with Gasteiger partial charge in [0.05, 0.1) is 32.8 Å². The third kappa shape index (κ3) is 5.15. The Morgan fingerprint density at radius 2 is 1.75 bits per heavy atom. The van der Waals surface area contributed by atoms with Crippen molar-refractivity contribution < 1.29 is 23.8 Å². The zero-order valence-corrected chi connectivity index (χ0v) is 19.5. The summed E-state index contributed by atoms with van der Waals surface area (Å²) in [7, 11) is 1.36. The lowest BCUT2D eigenvalue weighted by Crippen LogP contribution is -2.43. The lowest BCUT2D eigenvalue weighted by atomic mass is 9.90. The van der Waals surface area contributed by atoms with Crippen molar-refractivity contribution in [2.45, 2.75) is 46.6 Å². The van der Waals surface area contributed by atoms with Gasteiger partial charge < -0.3 is 24.4 Å². The van der Waals surface area contributed by atoms with Gasteiger partial charge in [-0.15, -0.1) is 0 Å². The highest BCUT2D eigenvalue weighted by Gasteiger charge is 2.34. The molecule has 32 heavy (non-hydrogen) atoms. The maximum atomic E-state index is 13.3. The molecule has 2 aromatic rings. The smallest absolute Gasteiger partial charge is 0.322 e. The van der Waals surface area contributed by atoms with Gasteiger partial charge in [0, 0.05) is 12.2 Å². The van der Waals surface area contributed by atoms with E-state index in [1.165, 1.54) is 7.11 Å². The Morgan fingerprint density at radius 3 is 2.38 bits per heavy atom. The number of rotatable bonds is 7. The van der Waals surface area contributed by atoms with Crippen LogP contribution < -0.4 is 14.8 Å². The molecule has 3 rings (SSSR count). The number of esters is 1. The minimum atomic E-state index is -0.466. The summed E-state index contributed by atoms with van der Waals surface area (Å²) in [6.45, 7) is 9.29. The van der Waals surface area contributed by atoms with Gasteiger partial charge in [0.2, 0.25) is 0 Å². The van der Waals surface area contributed by atoms with E-state index in [2.05, 4.69) is 5.32 Å². The number of methoxy groups -OCH3 is 1. The van der Waals surface area contributed by atoms with Crippen molar-refractivity contribution in [3.63, 3.8) is 0 Å². The van der Waals surface area contributed by atoms with Crippen LogP contribution in [-0.2, 0) is 16.0 Å². The Morgan fingerprint density at radius 1 is 1.06 bits per heavy atom. The highest BCUT2D eigenvalue weighted by molar-refractivity contribution is 5.91. The number of hydrogen-bond acceptors (Lipinski definition) is 5. The Hall–Kier alpha value is -3.22. The van der Waals surface area contributed by atoms with E-state index in [9.17, 15) is 9.59 Å². The molecule has 0 bridgehead atoms. The van der Waals surface area contributed by atoms with Gasteiger partial charge in [0.1, 0.15) is 0 Å². The van der Waals surface area contributed by atoms with Gasteiger partial charge in [-0.2, -0.15) is 0 Å². The third-order valence-electron chi connectivity index (χ3n) is 5.63. The van der Waals surface area contributed by atoms with Crippen molar-refractivity contribution in [3.8, 4) is 11.5 Å². The maximum absolute atomic E-state index is 13.3. The molecule has 0 spiro atoms. The fraction of sp³-hybridized carbons (Fsp3) is 0.440. The molecule has 0 saturated carbocycles. The van der Waals surface area contributed by atoms with Crippen molar-refractivity contribution in [1.82, 2.24) is 4.90 Å². The van der Waals surface area contributed by atoms with Crippen LogP contribution in [0.25, 0.3) is 0 Å². The summed E-state index contributed by atoms with van der Waals surface area (Å²) in [5.41, 5.74) is 4.79. The predicted octanol–water partition coefficient (Wildman–Crippen LogP) is 4.80. The number of ether oxygens (including phenoxy) is 3. The first kappa shape index (κ1) is 23.4. The van der Waals surface area contributed by atoms with Crippen LogP contribution in [0.5, 0.6) is 11.5 Å². The second-order valence-electron chi connectivity index (χ2n) is 7.85. The molecule has 2 aromatic carbocycles. The molecule has 1 atom stereocenters. The first-order chi connectivity index (χ1) is 15.4. The number of fused-ring (bicyclic) bond motifs is 1. The largest absolute Gasteiger partial charge is 0.490 e. The van der Waals surface area contributed by atoms with E-state index in [0.29, 0.717) is 37.7 Å². The average molecular weight is 441 g/mol. The van der Waals surface area contributed by atoms with E-state index in [4.69, 9.17) is 14.2 Å². The average Bonchev–Trinajstić information content (AvgIpc) is 2.76. The highest BCUT2D eigenvalue weighted by Crippen LogP contribution is 2.40. The summed E-state index contributed by atoms with van der Waals surface area (Å²) in [4.78, 5) is 27.2. The highest BCUT2D eigenvalue weighted by atomic mass is 16.5. The standard InChI is InChI=1S/C25H32N2O5/c1-6-31-22-13-18-10-11-27(25(29)26-20-9-8-16(3)12-17(20)4)21(15-24(28)30-5)19(18)14-23(22)32-7-2/h8-9,12-14,21H,6-7,10-11,15H2,1-5H3,(H,26,29)/t21-/m0/s1. The number of urea groups is 1. The van der Waals surface area contributed by atoms with Crippen molar-refractivity contribution >= 4 is 17.7 Å². The lowest BCUT2D eigenvalue weighted by Gasteiger charge is -2.37. The normalized spacial score (nSPS) is 15.0. The monoisotopic (exact) mass is 440 g/mol. The predicted molar refractivity (Wildman–Crippen MR) is 123 cm³/mol. The lowest BCUT2D eigenvalue weighted by molar-refractivity contribution is -0.141. The number of nitrogens with one attached hydrogen (secondary N) is 1. The molecule has 1 aliphatic heterocycles. The first-order valence-electron chi connectivity index (χ1n) is 11.0. The van der Waals surface area contributed by atoms with E-state index in [-0.39, 0.29) is 18.4 Å². The Labute approximate surface area is 189 Å². The first-order valence-corrected chi connectivity index (χ1v) is 11.0. The molecule has 0 aromatic heterocycles. The molecule has 0 unspecified atom stereocenters. The Kier molecular flexibility index (Phi) is 7.62. The number of anilines is 1. The molecule has 7 nitrogen and oxygen atoms in total. The SMILES string of the molecule is CCOc1cc2c(cc1OCC)[C@H](CC(=O)OC)N(C(=O)Nc1ccc(C)cc1C)CC2. The number of aryl methyl sites for hydroxylation is 2. The molecule has 0 saturated heterocycles. The van der Waals surface area contributed by atoms with Crippen LogP contribution in [0.2, 0.25) is 0 Å². The van der Waals surface area contributed by atoms with Crippen LogP contribution in [0.3, 0.4) is 0 Å². The molecular weight excluding hydrogens is 408 g/mol. The molecule has 172 valence electrons. The summed E-state index contributed by atoms with van der Waals surface area (Å²) in [6, 6.07) is 9.04. The van der Waals surface area contributed by atoms with Gasteiger partial charge in [0.15, 0.2) is 11.5 Å². The summed E-state index contributed by atoms with van der Waals surface area (Å²) >= 11 is 0. The molecule has 0 radical (unpaired) electrons. The molecule has 2 amide bonds. The van der Waals surface area contributed by atoms with E-state index in [0.717, 1.165) is 27.9 Å². The maximum Gasteiger partial charge on any atom is 0.322 e. The second kappa shape index (κ2) is 10.4. The fourth-order valence-corrected chi connectivity index (χ4v) is 4.09. The topological polar surface area (TPSA) is 77.1 Å². The number of benzene rings is 2. The number of carbonyl (C=O) groups excluding carboxylic acids is 2. The van der Waals surface area contributed by atoms with Crippen LogP contribution in [-0.4, -0.2) is 43.8 Å². The van der Waals surface area contributed by atoms with Crippen LogP contribution in [0.1, 0.15) is 48.6 Å². The zero-order valence-electron chi connectivity index (χ0n) is 19.5. The summed E-state index contributed by atoms with van der Waals surface area (Å²) in [5.74, 6) is 0.914. The van der Waals surface area contributed by atoms with Gasteiger partial charge in [0.25, 0.3) is 0 Å². The van der Waals surface area contributed by atoms with Gasteiger partial charge >= 0.3 is 12.0 Å². The molecule has 1 heterocycles. The second-order valence-corrected chi connectivity index (χ2v) is 7.85. The zero-order chi connectivity index (χ0) is 23.3. The van der Waals surface area contributed by atoms with E-state index in [1.54, 1.807) is 4.90 Å². The number of amides is 2. The van der Waals surface area contributed by atoms with Crippen LogP contribution >= 0.6 is 0 Å². The van der Waals surface area contributed by atoms with Crippen molar-refractivity contribution in [3.05, 3.63) is 52.6 Å². The van der Waals surface area contributed by atoms with Crippen LogP contribution in [0.4, 0.5) is 10.5 Å². The minimum absolute atomic E-state index is 0.0589. The molecular formula is C25H32N2O5. The van der Waals surface area contributed by atoms with Gasteiger partial charge in [-0.25, -0.2) is 4.79 Å². The van der Waals surface area contributed by atoms with E-state index in [1.807, 2.05) is 58.0 Å². The van der Waals surface area contributed by atoms with Gasteiger partial charge in [-0.05, 0) is 69.0 Å².